The second kappa shape index (κ2) is 8.43. The number of methoxy groups -OCH3 is 1. The Morgan fingerprint density at radius 1 is 1.22 bits per heavy atom. The largest absolute Gasteiger partial charge is 0.497 e. The molecule has 1 aliphatic heterocycles. The zero-order chi connectivity index (χ0) is 16.7. The SMILES string of the molecule is COc1ccc(COCC[C@H]2C[C@@H](CC=O)OC(C)(C)O2)cc1. The van der Waals surface area contributed by atoms with Gasteiger partial charge in [0.25, 0.3) is 0 Å². The predicted molar refractivity (Wildman–Crippen MR) is 86.4 cm³/mol. The molecule has 0 radical (unpaired) electrons. The highest BCUT2D eigenvalue weighted by atomic mass is 16.7. The molecule has 128 valence electrons. The Hall–Kier alpha value is -1.43. The average Bonchev–Trinajstić information content (AvgIpc) is 2.51. The molecule has 23 heavy (non-hydrogen) atoms. The predicted octanol–water partition coefficient (Wildman–Crippen LogP) is 3.10. The molecule has 1 heterocycles. The molecule has 1 aliphatic rings. The molecule has 0 spiro atoms. The Labute approximate surface area is 137 Å². The summed E-state index contributed by atoms with van der Waals surface area (Å²) in [4.78, 5) is 10.7. The second-order valence-electron chi connectivity index (χ2n) is 6.21. The van der Waals surface area contributed by atoms with E-state index in [1.54, 1.807) is 7.11 Å². The van der Waals surface area contributed by atoms with Gasteiger partial charge in [-0.15, -0.1) is 0 Å². The van der Waals surface area contributed by atoms with Crippen LogP contribution in [-0.4, -0.2) is 38.0 Å². The van der Waals surface area contributed by atoms with E-state index in [9.17, 15) is 4.79 Å². The van der Waals surface area contributed by atoms with Crippen LogP contribution in [0, 0.1) is 0 Å². The first-order valence-electron chi connectivity index (χ1n) is 8.02. The van der Waals surface area contributed by atoms with E-state index in [-0.39, 0.29) is 12.2 Å². The first-order chi connectivity index (χ1) is 11.0. The molecule has 1 saturated heterocycles. The van der Waals surface area contributed by atoms with Crippen molar-refractivity contribution in [1.29, 1.82) is 0 Å². The third-order valence-corrected chi connectivity index (χ3v) is 3.80. The van der Waals surface area contributed by atoms with Gasteiger partial charge in [-0.05, 0) is 38.0 Å². The molecule has 2 rings (SSSR count). The van der Waals surface area contributed by atoms with E-state index in [2.05, 4.69) is 0 Å². The lowest BCUT2D eigenvalue weighted by atomic mass is 10.0. The molecule has 5 nitrogen and oxygen atoms in total. The summed E-state index contributed by atoms with van der Waals surface area (Å²) in [5.41, 5.74) is 1.11. The van der Waals surface area contributed by atoms with Crippen LogP contribution in [0.3, 0.4) is 0 Å². The summed E-state index contributed by atoms with van der Waals surface area (Å²) in [6.45, 7) is 4.94. The third kappa shape index (κ3) is 5.94. The van der Waals surface area contributed by atoms with Crippen LogP contribution in [0.1, 0.15) is 38.7 Å². The number of aldehydes is 1. The summed E-state index contributed by atoms with van der Waals surface area (Å²) < 4.78 is 22.5. The van der Waals surface area contributed by atoms with Crippen LogP contribution in [0.2, 0.25) is 0 Å². The molecule has 0 aliphatic carbocycles. The molecular weight excluding hydrogens is 296 g/mol. The zero-order valence-corrected chi connectivity index (χ0v) is 14.1. The van der Waals surface area contributed by atoms with Crippen molar-refractivity contribution in [3.05, 3.63) is 29.8 Å². The maximum atomic E-state index is 10.7. The normalized spacial score (nSPS) is 23.4. The van der Waals surface area contributed by atoms with E-state index >= 15 is 0 Å². The van der Waals surface area contributed by atoms with Gasteiger partial charge in [-0.3, -0.25) is 0 Å². The van der Waals surface area contributed by atoms with E-state index in [0.29, 0.717) is 19.6 Å². The minimum atomic E-state index is -0.646. The molecule has 0 bridgehead atoms. The fourth-order valence-electron chi connectivity index (χ4n) is 2.77. The molecule has 0 aromatic heterocycles. The van der Waals surface area contributed by atoms with Gasteiger partial charge in [0.2, 0.25) is 0 Å². The number of rotatable bonds is 8. The molecule has 0 saturated carbocycles. The van der Waals surface area contributed by atoms with Crippen LogP contribution in [0.5, 0.6) is 5.75 Å². The molecule has 1 aromatic carbocycles. The minimum Gasteiger partial charge on any atom is -0.497 e. The van der Waals surface area contributed by atoms with Gasteiger partial charge >= 0.3 is 0 Å². The van der Waals surface area contributed by atoms with Crippen molar-refractivity contribution in [2.45, 2.75) is 57.7 Å². The molecule has 0 N–H and O–H groups in total. The zero-order valence-electron chi connectivity index (χ0n) is 14.1. The van der Waals surface area contributed by atoms with E-state index in [1.165, 1.54) is 0 Å². The molecule has 1 fully saturated rings. The average molecular weight is 322 g/mol. The number of benzene rings is 1. The molecule has 1 aromatic rings. The topological polar surface area (TPSA) is 54.0 Å². The lowest BCUT2D eigenvalue weighted by Gasteiger charge is -2.40. The van der Waals surface area contributed by atoms with Crippen molar-refractivity contribution in [3.8, 4) is 5.75 Å². The van der Waals surface area contributed by atoms with Crippen LogP contribution in [-0.2, 0) is 25.6 Å². The van der Waals surface area contributed by atoms with Gasteiger partial charge < -0.3 is 23.7 Å². The Bertz CT molecular complexity index is 483. The number of carbonyl (C=O) groups excluding carboxylic acids is 1. The van der Waals surface area contributed by atoms with Crippen LogP contribution < -0.4 is 4.74 Å². The molecule has 2 atom stereocenters. The van der Waals surface area contributed by atoms with Crippen molar-refractivity contribution in [3.63, 3.8) is 0 Å². The van der Waals surface area contributed by atoms with Gasteiger partial charge in [0.15, 0.2) is 5.79 Å². The van der Waals surface area contributed by atoms with Crippen molar-refractivity contribution >= 4 is 6.29 Å². The standard InChI is InChI=1S/C18H26O5/c1-18(2)22-16(8-10-19)12-17(23-18)9-11-21-13-14-4-6-15(20-3)7-5-14/h4-7,10,16-17H,8-9,11-13H2,1-3H3/t16-,17+/m1/s1. The van der Waals surface area contributed by atoms with Crippen LogP contribution >= 0.6 is 0 Å². The van der Waals surface area contributed by atoms with E-state index in [1.807, 2.05) is 38.1 Å². The van der Waals surface area contributed by atoms with E-state index < -0.39 is 5.79 Å². The van der Waals surface area contributed by atoms with Crippen molar-refractivity contribution in [2.24, 2.45) is 0 Å². The van der Waals surface area contributed by atoms with Gasteiger partial charge in [-0.25, -0.2) is 0 Å². The molecule has 0 amide bonds. The summed E-state index contributed by atoms with van der Waals surface area (Å²) in [5.74, 6) is 0.194. The summed E-state index contributed by atoms with van der Waals surface area (Å²) in [6.07, 6.45) is 2.83. The Morgan fingerprint density at radius 2 is 1.91 bits per heavy atom. The number of hydrogen-bond acceptors (Lipinski definition) is 5. The number of carbonyl (C=O) groups is 1. The second-order valence-corrected chi connectivity index (χ2v) is 6.21. The highest BCUT2D eigenvalue weighted by molar-refractivity contribution is 5.50. The summed E-state index contributed by atoms with van der Waals surface area (Å²) in [5, 5.41) is 0. The maximum absolute atomic E-state index is 10.7. The lowest BCUT2D eigenvalue weighted by Crippen LogP contribution is -2.45. The molecule has 5 heteroatoms. The van der Waals surface area contributed by atoms with E-state index in [0.717, 1.165) is 30.4 Å². The van der Waals surface area contributed by atoms with Gasteiger partial charge in [0.05, 0.1) is 25.9 Å². The minimum absolute atomic E-state index is 0.0552. The fraction of sp³-hybridized carbons (Fsp3) is 0.611. The summed E-state index contributed by atoms with van der Waals surface area (Å²) >= 11 is 0. The summed E-state index contributed by atoms with van der Waals surface area (Å²) in [7, 11) is 1.65. The molecule has 0 unspecified atom stereocenters. The quantitative estimate of drug-likeness (QED) is 0.544. The van der Waals surface area contributed by atoms with Gasteiger partial charge in [-0.1, -0.05) is 12.1 Å². The van der Waals surface area contributed by atoms with Gasteiger partial charge in [0, 0.05) is 19.4 Å². The lowest BCUT2D eigenvalue weighted by molar-refractivity contribution is -0.300. The summed E-state index contributed by atoms with van der Waals surface area (Å²) in [6, 6.07) is 7.83. The highest BCUT2D eigenvalue weighted by Crippen LogP contribution is 2.29. The maximum Gasteiger partial charge on any atom is 0.163 e. The van der Waals surface area contributed by atoms with Crippen molar-refractivity contribution < 1.29 is 23.7 Å². The highest BCUT2D eigenvalue weighted by Gasteiger charge is 2.34. The number of hydrogen-bond donors (Lipinski definition) is 0. The van der Waals surface area contributed by atoms with Crippen molar-refractivity contribution in [2.75, 3.05) is 13.7 Å². The Kier molecular flexibility index (Phi) is 6.57. The Morgan fingerprint density at radius 3 is 2.57 bits per heavy atom. The van der Waals surface area contributed by atoms with Crippen LogP contribution in [0.4, 0.5) is 0 Å². The van der Waals surface area contributed by atoms with Gasteiger partial charge in [0.1, 0.15) is 12.0 Å². The molecular formula is C18H26O5. The van der Waals surface area contributed by atoms with E-state index in [4.69, 9.17) is 18.9 Å². The van der Waals surface area contributed by atoms with Gasteiger partial charge in [-0.2, -0.15) is 0 Å². The third-order valence-electron chi connectivity index (χ3n) is 3.80. The van der Waals surface area contributed by atoms with Crippen LogP contribution in [0.15, 0.2) is 24.3 Å². The number of ether oxygens (including phenoxy) is 4. The first kappa shape index (κ1) is 17.9. The Balaban J connectivity index is 1.73. The van der Waals surface area contributed by atoms with Crippen LogP contribution in [0.25, 0.3) is 0 Å². The monoisotopic (exact) mass is 322 g/mol. The first-order valence-corrected chi connectivity index (χ1v) is 8.02. The smallest absolute Gasteiger partial charge is 0.163 e. The fourth-order valence-corrected chi connectivity index (χ4v) is 2.77. The van der Waals surface area contributed by atoms with Crippen molar-refractivity contribution in [1.82, 2.24) is 0 Å².